The maximum absolute atomic E-state index is 11.3. The largest absolute Gasteiger partial charge is 0.496 e. The van der Waals surface area contributed by atoms with Gasteiger partial charge in [0, 0.05) is 13.6 Å². The van der Waals surface area contributed by atoms with Crippen LogP contribution in [0, 0.1) is 11.3 Å². The van der Waals surface area contributed by atoms with Gasteiger partial charge in [-0.1, -0.05) is 26.8 Å². The molecule has 0 N–H and O–H groups in total. The van der Waals surface area contributed by atoms with Crippen molar-refractivity contribution in [3.63, 3.8) is 0 Å². The zero-order valence-electron chi connectivity index (χ0n) is 12.2. The summed E-state index contributed by atoms with van der Waals surface area (Å²) in [6.45, 7) is 6.75. The van der Waals surface area contributed by atoms with E-state index in [1.807, 2.05) is 18.2 Å². The van der Waals surface area contributed by atoms with Crippen LogP contribution in [-0.2, 0) is 16.8 Å². The fourth-order valence-electron chi connectivity index (χ4n) is 1.87. The van der Waals surface area contributed by atoms with Gasteiger partial charge in [-0.15, -0.1) is 0 Å². The molecule has 19 heavy (non-hydrogen) atoms. The fraction of sp³-hybridized carbons (Fsp3) is 0.467. The topological polar surface area (TPSA) is 53.3 Å². The Balaban J connectivity index is 3.06. The molecular weight excluding hydrogens is 240 g/mol. The van der Waals surface area contributed by atoms with Crippen molar-refractivity contribution in [1.82, 2.24) is 4.90 Å². The lowest BCUT2D eigenvalue weighted by Crippen LogP contribution is -2.24. The fourth-order valence-corrected chi connectivity index (χ4v) is 1.87. The van der Waals surface area contributed by atoms with E-state index in [1.165, 1.54) is 4.90 Å². The summed E-state index contributed by atoms with van der Waals surface area (Å²) >= 11 is 0. The van der Waals surface area contributed by atoms with E-state index in [9.17, 15) is 4.79 Å². The second-order valence-electron chi connectivity index (χ2n) is 5.56. The third kappa shape index (κ3) is 3.72. The summed E-state index contributed by atoms with van der Waals surface area (Å²) < 4.78 is 5.37. The van der Waals surface area contributed by atoms with Crippen LogP contribution >= 0.6 is 0 Å². The molecule has 0 atom stereocenters. The average Bonchev–Trinajstić information content (AvgIpc) is 2.36. The molecule has 102 valence electrons. The van der Waals surface area contributed by atoms with Gasteiger partial charge in [0.25, 0.3) is 0 Å². The van der Waals surface area contributed by atoms with E-state index in [0.717, 1.165) is 16.9 Å². The quantitative estimate of drug-likeness (QED) is 0.784. The van der Waals surface area contributed by atoms with Gasteiger partial charge in [-0.2, -0.15) is 5.26 Å². The highest BCUT2D eigenvalue weighted by molar-refractivity contribution is 5.90. The molecule has 1 aromatic carbocycles. The van der Waals surface area contributed by atoms with Gasteiger partial charge in [0.05, 0.1) is 7.11 Å². The van der Waals surface area contributed by atoms with Crippen molar-refractivity contribution >= 4 is 5.91 Å². The number of methoxy groups -OCH3 is 1. The van der Waals surface area contributed by atoms with Crippen LogP contribution < -0.4 is 4.74 Å². The second-order valence-corrected chi connectivity index (χ2v) is 5.56. The number of amides is 1. The maximum atomic E-state index is 11.3. The van der Waals surface area contributed by atoms with E-state index < -0.39 is 5.91 Å². The van der Waals surface area contributed by atoms with Gasteiger partial charge in [0.1, 0.15) is 5.75 Å². The Labute approximate surface area is 114 Å². The van der Waals surface area contributed by atoms with Gasteiger partial charge in [0.2, 0.25) is 0 Å². The second kappa shape index (κ2) is 5.75. The van der Waals surface area contributed by atoms with E-state index >= 15 is 0 Å². The molecule has 0 heterocycles. The van der Waals surface area contributed by atoms with Gasteiger partial charge >= 0.3 is 5.91 Å². The van der Waals surface area contributed by atoms with Crippen molar-refractivity contribution in [3.05, 3.63) is 29.3 Å². The first kappa shape index (κ1) is 15.0. The number of nitriles is 1. The molecule has 4 heteroatoms. The number of carbonyl (C=O) groups excluding carboxylic acids is 1. The lowest BCUT2D eigenvalue weighted by Gasteiger charge is -2.23. The van der Waals surface area contributed by atoms with E-state index in [0.29, 0.717) is 6.54 Å². The smallest absolute Gasteiger partial charge is 0.325 e. The minimum atomic E-state index is -0.534. The van der Waals surface area contributed by atoms with Crippen LogP contribution in [0.3, 0.4) is 0 Å². The average molecular weight is 260 g/mol. The van der Waals surface area contributed by atoms with E-state index in [1.54, 1.807) is 20.2 Å². The maximum Gasteiger partial charge on any atom is 0.325 e. The van der Waals surface area contributed by atoms with Crippen molar-refractivity contribution in [2.45, 2.75) is 32.7 Å². The van der Waals surface area contributed by atoms with Crippen LogP contribution in [-0.4, -0.2) is 25.0 Å². The molecule has 1 amide bonds. The van der Waals surface area contributed by atoms with Gasteiger partial charge in [0.15, 0.2) is 6.07 Å². The Morgan fingerprint density at radius 1 is 1.42 bits per heavy atom. The molecule has 0 aliphatic carbocycles. The Morgan fingerprint density at radius 2 is 2.05 bits per heavy atom. The third-order valence-corrected chi connectivity index (χ3v) is 2.93. The van der Waals surface area contributed by atoms with E-state index in [-0.39, 0.29) is 5.41 Å². The molecule has 0 bridgehead atoms. The number of carbonyl (C=O) groups is 1. The Morgan fingerprint density at radius 3 is 2.53 bits per heavy atom. The van der Waals surface area contributed by atoms with Gasteiger partial charge in [-0.3, -0.25) is 4.79 Å². The Kier molecular flexibility index (Phi) is 4.55. The van der Waals surface area contributed by atoms with Crippen molar-refractivity contribution in [2.24, 2.45) is 0 Å². The van der Waals surface area contributed by atoms with E-state index in [4.69, 9.17) is 10.00 Å². The summed E-state index contributed by atoms with van der Waals surface area (Å²) in [5, 5.41) is 8.59. The van der Waals surface area contributed by atoms with E-state index in [2.05, 4.69) is 20.8 Å². The highest BCUT2D eigenvalue weighted by atomic mass is 16.5. The third-order valence-electron chi connectivity index (χ3n) is 2.93. The van der Waals surface area contributed by atoms with Crippen LogP contribution in [0.4, 0.5) is 0 Å². The van der Waals surface area contributed by atoms with Crippen LogP contribution in [0.1, 0.15) is 31.9 Å². The summed E-state index contributed by atoms with van der Waals surface area (Å²) in [5.74, 6) is 0.304. The molecule has 0 spiro atoms. The van der Waals surface area contributed by atoms with Crippen LogP contribution in [0.2, 0.25) is 0 Å². The van der Waals surface area contributed by atoms with Crippen LogP contribution in [0.25, 0.3) is 0 Å². The minimum absolute atomic E-state index is 0.0425. The molecular formula is C15H20N2O2. The molecule has 4 nitrogen and oxygen atoms in total. The molecule has 1 aromatic rings. The number of benzene rings is 1. The molecule has 1 rings (SSSR count). The van der Waals surface area contributed by atoms with Gasteiger partial charge < -0.3 is 9.64 Å². The molecule has 0 saturated heterocycles. The zero-order chi connectivity index (χ0) is 14.6. The lowest BCUT2D eigenvalue weighted by atomic mass is 9.85. The molecule has 0 fully saturated rings. The molecule has 0 aliphatic rings. The van der Waals surface area contributed by atoms with Gasteiger partial charge in [-0.25, -0.2) is 0 Å². The molecule has 0 saturated carbocycles. The predicted octanol–water partition coefficient (Wildman–Crippen LogP) is 2.47. The number of hydrogen-bond donors (Lipinski definition) is 0. The van der Waals surface area contributed by atoms with Crippen molar-refractivity contribution in [1.29, 1.82) is 5.26 Å². The number of ether oxygens (including phenoxy) is 1. The summed E-state index contributed by atoms with van der Waals surface area (Å²) in [6, 6.07) is 7.46. The van der Waals surface area contributed by atoms with Crippen molar-refractivity contribution in [2.75, 3.05) is 14.2 Å². The predicted molar refractivity (Wildman–Crippen MR) is 73.8 cm³/mol. The van der Waals surface area contributed by atoms with Gasteiger partial charge in [-0.05, 0) is 28.7 Å². The SMILES string of the molecule is COc1ccc(CN(C)C(=O)C#N)cc1C(C)(C)C. The first-order valence-corrected chi connectivity index (χ1v) is 6.12. The molecule has 0 aliphatic heterocycles. The van der Waals surface area contributed by atoms with Crippen molar-refractivity contribution < 1.29 is 9.53 Å². The number of nitrogens with zero attached hydrogens (tertiary/aromatic N) is 2. The molecule has 0 unspecified atom stereocenters. The summed E-state index contributed by atoms with van der Waals surface area (Å²) in [6.07, 6.45) is 0. The summed E-state index contributed by atoms with van der Waals surface area (Å²) in [7, 11) is 3.27. The highest BCUT2D eigenvalue weighted by Gasteiger charge is 2.19. The molecule has 0 aromatic heterocycles. The Hall–Kier alpha value is -2.02. The summed E-state index contributed by atoms with van der Waals surface area (Å²) in [4.78, 5) is 12.7. The van der Waals surface area contributed by atoms with Crippen LogP contribution in [0.15, 0.2) is 18.2 Å². The highest BCUT2D eigenvalue weighted by Crippen LogP contribution is 2.32. The minimum Gasteiger partial charge on any atom is -0.496 e. The standard InChI is InChI=1S/C15H20N2O2/c1-15(2,3)12-8-11(6-7-13(12)19-5)10-17(4)14(18)9-16/h6-8H,10H2,1-5H3. The number of hydrogen-bond acceptors (Lipinski definition) is 3. The summed E-state index contributed by atoms with van der Waals surface area (Å²) in [5.41, 5.74) is 2.03. The normalized spacial score (nSPS) is 10.7. The monoisotopic (exact) mass is 260 g/mol. The lowest BCUT2D eigenvalue weighted by molar-refractivity contribution is -0.124. The zero-order valence-corrected chi connectivity index (χ0v) is 12.2. The Bertz CT molecular complexity index is 510. The van der Waals surface area contributed by atoms with Crippen molar-refractivity contribution in [3.8, 4) is 11.8 Å². The first-order chi connectivity index (χ1) is 8.79. The molecule has 0 radical (unpaired) electrons. The van der Waals surface area contributed by atoms with Crippen LogP contribution in [0.5, 0.6) is 5.75 Å². The first-order valence-electron chi connectivity index (χ1n) is 6.12. The number of rotatable bonds is 3.